The van der Waals surface area contributed by atoms with E-state index in [-0.39, 0.29) is 6.10 Å². The van der Waals surface area contributed by atoms with Crippen LogP contribution in [0.1, 0.15) is 69.0 Å². The molecular formula is C16H25N3O. The van der Waals surface area contributed by atoms with Crippen molar-refractivity contribution in [3.63, 3.8) is 0 Å². The Balaban J connectivity index is 1.90. The second kappa shape index (κ2) is 6.08. The molecule has 1 aromatic heterocycles. The zero-order chi connectivity index (χ0) is 13.9. The molecule has 1 aromatic rings. The van der Waals surface area contributed by atoms with Gasteiger partial charge in [0.15, 0.2) is 5.82 Å². The van der Waals surface area contributed by atoms with Crippen molar-refractivity contribution in [1.29, 1.82) is 0 Å². The van der Waals surface area contributed by atoms with Crippen LogP contribution in [0.2, 0.25) is 0 Å². The molecular weight excluding hydrogens is 250 g/mol. The van der Waals surface area contributed by atoms with Crippen molar-refractivity contribution in [2.75, 3.05) is 19.0 Å². The van der Waals surface area contributed by atoms with E-state index in [1.165, 1.54) is 44.2 Å². The van der Waals surface area contributed by atoms with E-state index in [4.69, 9.17) is 9.72 Å². The summed E-state index contributed by atoms with van der Waals surface area (Å²) in [7, 11) is 1.78. The second-order valence-electron chi connectivity index (χ2n) is 6.04. The smallest absolute Gasteiger partial charge is 0.160 e. The summed E-state index contributed by atoms with van der Waals surface area (Å²) in [6.45, 7) is 2.99. The number of rotatable bonds is 6. The van der Waals surface area contributed by atoms with Crippen LogP contribution in [0.25, 0.3) is 0 Å². The highest BCUT2D eigenvalue weighted by Gasteiger charge is 2.35. The Morgan fingerprint density at radius 1 is 1.25 bits per heavy atom. The quantitative estimate of drug-likeness (QED) is 0.860. The number of anilines is 1. The molecule has 0 amide bonds. The Morgan fingerprint density at radius 2 is 2.00 bits per heavy atom. The molecule has 2 saturated carbocycles. The van der Waals surface area contributed by atoms with Gasteiger partial charge in [0, 0.05) is 31.3 Å². The summed E-state index contributed by atoms with van der Waals surface area (Å²) in [6.07, 6.45) is 7.76. The van der Waals surface area contributed by atoms with Crippen molar-refractivity contribution in [1.82, 2.24) is 9.97 Å². The lowest BCUT2D eigenvalue weighted by Crippen LogP contribution is -2.13. The van der Waals surface area contributed by atoms with Gasteiger partial charge >= 0.3 is 0 Å². The zero-order valence-corrected chi connectivity index (χ0v) is 12.6. The topological polar surface area (TPSA) is 47.0 Å². The summed E-state index contributed by atoms with van der Waals surface area (Å²) in [5.74, 6) is 3.08. The largest absolute Gasteiger partial charge is 0.373 e. The van der Waals surface area contributed by atoms with Gasteiger partial charge in [-0.25, -0.2) is 9.97 Å². The van der Waals surface area contributed by atoms with E-state index in [1.54, 1.807) is 7.11 Å². The Labute approximate surface area is 121 Å². The summed E-state index contributed by atoms with van der Waals surface area (Å²) in [6, 6.07) is 2.14. The van der Waals surface area contributed by atoms with E-state index in [0.29, 0.717) is 11.8 Å². The zero-order valence-electron chi connectivity index (χ0n) is 12.6. The highest BCUT2D eigenvalue weighted by atomic mass is 16.5. The van der Waals surface area contributed by atoms with Crippen molar-refractivity contribution in [2.24, 2.45) is 5.92 Å². The first kappa shape index (κ1) is 13.8. The number of methoxy groups -OCH3 is 1. The summed E-state index contributed by atoms with van der Waals surface area (Å²) in [4.78, 5) is 9.53. The van der Waals surface area contributed by atoms with Crippen molar-refractivity contribution in [3.8, 4) is 0 Å². The van der Waals surface area contributed by atoms with Crippen molar-refractivity contribution < 1.29 is 4.74 Å². The average molecular weight is 275 g/mol. The predicted octanol–water partition coefficient (Wildman–Crippen LogP) is 3.66. The monoisotopic (exact) mass is 275 g/mol. The Kier molecular flexibility index (Phi) is 4.20. The molecule has 20 heavy (non-hydrogen) atoms. The maximum atomic E-state index is 5.66. The highest BCUT2D eigenvalue weighted by Crippen LogP contribution is 2.43. The average Bonchev–Trinajstić information content (AvgIpc) is 3.13. The number of hydrogen-bond donors (Lipinski definition) is 1. The van der Waals surface area contributed by atoms with Crippen LogP contribution in [-0.4, -0.2) is 23.6 Å². The van der Waals surface area contributed by atoms with E-state index < -0.39 is 0 Å². The summed E-state index contributed by atoms with van der Waals surface area (Å²) in [5.41, 5.74) is 1.21. The van der Waals surface area contributed by atoms with Crippen molar-refractivity contribution in [2.45, 2.75) is 57.5 Å². The van der Waals surface area contributed by atoms with Gasteiger partial charge in [-0.05, 0) is 38.5 Å². The number of hydrogen-bond acceptors (Lipinski definition) is 4. The third-order valence-electron chi connectivity index (χ3n) is 4.45. The van der Waals surface area contributed by atoms with Gasteiger partial charge in [0.1, 0.15) is 11.9 Å². The lowest BCUT2D eigenvalue weighted by molar-refractivity contribution is 0.0770. The van der Waals surface area contributed by atoms with Gasteiger partial charge in [-0.1, -0.05) is 12.8 Å². The molecule has 1 unspecified atom stereocenters. The van der Waals surface area contributed by atoms with Crippen LogP contribution < -0.4 is 5.32 Å². The van der Waals surface area contributed by atoms with Gasteiger partial charge in [0.25, 0.3) is 0 Å². The standard InChI is InChI=1S/C16H25N3O/c1-3-17-14-10-13(11-6-4-5-7-11)18-16(19-14)15(20-2)12-8-9-12/h10-12,15H,3-9H2,1-2H3,(H,17,18,19). The van der Waals surface area contributed by atoms with Gasteiger partial charge in [-0.2, -0.15) is 0 Å². The minimum Gasteiger partial charge on any atom is -0.373 e. The van der Waals surface area contributed by atoms with E-state index in [0.717, 1.165) is 18.2 Å². The van der Waals surface area contributed by atoms with Crippen LogP contribution in [-0.2, 0) is 4.74 Å². The van der Waals surface area contributed by atoms with Crippen LogP contribution in [0.15, 0.2) is 6.07 Å². The summed E-state index contributed by atoms with van der Waals surface area (Å²) in [5, 5.41) is 3.34. The molecule has 0 saturated heterocycles. The van der Waals surface area contributed by atoms with Gasteiger partial charge < -0.3 is 10.1 Å². The molecule has 0 spiro atoms. The fourth-order valence-corrected chi connectivity index (χ4v) is 3.22. The lowest BCUT2D eigenvalue weighted by Gasteiger charge is -2.17. The highest BCUT2D eigenvalue weighted by molar-refractivity contribution is 5.37. The lowest BCUT2D eigenvalue weighted by atomic mass is 10.0. The Hall–Kier alpha value is -1.16. The fraction of sp³-hybridized carbons (Fsp3) is 0.750. The molecule has 0 aliphatic heterocycles. The van der Waals surface area contributed by atoms with E-state index in [1.807, 2.05) is 0 Å². The van der Waals surface area contributed by atoms with Gasteiger partial charge in [-0.3, -0.25) is 0 Å². The third-order valence-corrected chi connectivity index (χ3v) is 4.45. The van der Waals surface area contributed by atoms with Gasteiger partial charge in [0.05, 0.1) is 0 Å². The van der Waals surface area contributed by atoms with Crippen LogP contribution >= 0.6 is 0 Å². The first-order chi connectivity index (χ1) is 9.81. The van der Waals surface area contributed by atoms with Crippen LogP contribution in [0.5, 0.6) is 0 Å². The summed E-state index contributed by atoms with van der Waals surface area (Å²) >= 11 is 0. The minimum atomic E-state index is 0.0776. The van der Waals surface area contributed by atoms with E-state index in [9.17, 15) is 0 Å². The predicted molar refractivity (Wildman–Crippen MR) is 79.9 cm³/mol. The summed E-state index contributed by atoms with van der Waals surface area (Å²) < 4.78 is 5.66. The number of nitrogens with zero attached hydrogens (tertiary/aromatic N) is 2. The molecule has 0 radical (unpaired) electrons. The van der Waals surface area contributed by atoms with Gasteiger partial charge in [-0.15, -0.1) is 0 Å². The molecule has 3 rings (SSSR count). The molecule has 1 N–H and O–H groups in total. The van der Waals surface area contributed by atoms with E-state index >= 15 is 0 Å². The minimum absolute atomic E-state index is 0.0776. The number of ether oxygens (including phenoxy) is 1. The number of nitrogens with one attached hydrogen (secondary N) is 1. The fourth-order valence-electron chi connectivity index (χ4n) is 3.22. The molecule has 4 nitrogen and oxygen atoms in total. The van der Waals surface area contributed by atoms with E-state index in [2.05, 4.69) is 23.3 Å². The van der Waals surface area contributed by atoms with Crippen LogP contribution in [0, 0.1) is 5.92 Å². The molecule has 2 fully saturated rings. The first-order valence-corrected chi connectivity index (χ1v) is 7.97. The Morgan fingerprint density at radius 3 is 2.60 bits per heavy atom. The molecule has 110 valence electrons. The Bertz CT molecular complexity index is 453. The molecule has 0 aromatic carbocycles. The molecule has 1 atom stereocenters. The normalized spacial score (nSPS) is 21.1. The SMILES string of the molecule is CCNc1cc(C2CCCC2)nc(C(OC)C2CC2)n1. The molecule has 2 aliphatic rings. The first-order valence-electron chi connectivity index (χ1n) is 7.97. The van der Waals surface area contributed by atoms with Crippen LogP contribution in [0.4, 0.5) is 5.82 Å². The molecule has 2 aliphatic carbocycles. The second-order valence-corrected chi connectivity index (χ2v) is 6.04. The number of aromatic nitrogens is 2. The third kappa shape index (κ3) is 2.95. The van der Waals surface area contributed by atoms with Gasteiger partial charge in [0.2, 0.25) is 0 Å². The maximum absolute atomic E-state index is 5.66. The molecule has 4 heteroatoms. The molecule has 1 heterocycles. The van der Waals surface area contributed by atoms with Crippen molar-refractivity contribution in [3.05, 3.63) is 17.6 Å². The van der Waals surface area contributed by atoms with Crippen LogP contribution in [0.3, 0.4) is 0 Å². The molecule has 0 bridgehead atoms. The maximum Gasteiger partial charge on any atom is 0.160 e. The van der Waals surface area contributed by atoms with Crippen molar-refractivity contribution >= 4 is 5.82 Å².